The molecular formula is C14H14N4O2S. The Hall–Kier alpha value is -2.15. The van der Waals surface area contributed by atoms with E-state index in [2.05, 4.69) is 15.2 Å². The topological polar surface area (TPSA) is 79.0 Å². The minimum absolute atomic E-state index is 0.200. The Balaban J connectivity index is 1.55. The van der Waals surface area contributed by atoms with Crippen LogP contribution < -0.4 is 0 Å². The van der Waals surface area contributed by atoms with Crippen LogP contribution in [0.25, 0.3) is 0 Å². The van der Waals surface area contributed by atoms with Crippen LogP contribution in [-0.2, 0) is 0 Å². The van der Waals surface area contributed by atoms with Crippen molar-refractivity contribution in [2.24, 2.45) is 0 Å². The Morgan fingerprint density at radius 1 is 1.19 bits per heavy atom. The lowest BCUT2D eigenvalue weighted by Gasteiger charge is -2.12. The van der Waals surface area contributed by atoms with Gasteiger partial charge in [0, 0.05) is 12.3 Å². The average molecular weight is 302 g/mol. The summed E-state index contributed by atoms with van der Waals surface area (Å²) in [6, 6.07) is 6.94. The summed E-state index contributed by atoms with van der Waals surface area (Å²) < 4.78 is 0. The van der Waals surface area contributed by atoms with Gasteiger partial charge in [-0.05, 0) is 25.5 Å². The number of hydrogen-bond donors (Lipinski definition) is 1. The highest BCUT2D eigenvalue weighted by molar-refractivity contribution is 7.99. The lowest BCUT2D eigenvalue weighted by Crippen LogP contribution is -2.31. The Morgan fingerprint density at radius 2 is 1.86 bits per heavy atom. The molecule has 0 aliphatic carbocycles. The number of aromatic amines is 1. The van der Waals surface area contributed by atoms with Gasteiger partial charge in [-0.2, -0.15) is 0 Å². The summed E-state index contributed by atoms with van der Waals surface area (Å²) in [5, 5.41) is 7.49. The van der Waals surface area contributed by atoms with Crippen LogP contribution in [-0.4, -0.2) is 44.2 Å². The molecule has 1 N–H and O–H groups in total. The molecular weight excluding hydrogens is 288 g/mol. The summed E-state index contributed by atoms with van der Waals surface area (Å²) in [7, 11) is 0. The van der Waals surface area contributed by atoms with E-state index in [1.807, 2.05) is 6.92 Å². The van der Waals surface area contributed by atoms with Crippen molar-refractivity contribution in [2.45, 2.75) is 18.5 Å². The van der Waals surface area contributed by atoms with Gasteiger partial charge >= 0.3 is 0 Å². The number of carbonyl (C=O) groups excluding carboxylic acids is 2. The minimum atomic E-state index is -0.200. The number of carbonyl (C=O) groups is 2. The number of aryl methyl sites for hydroxylation is 1. The molecule has 1 aliphatic rings. The Bertz CT molecular complexity index is 663. The zero-order valence-electron chi connectivity index (χ0n) is 11.5. The zero-order valence-corrected chi connectivity index (χ0v) is 12.3. The van der Waals surface area contributed by atoms with Gasteiger partial charge in [0.05, 0.1) is 11.1 Å². The standard InChI is InChI=1S/C14H14N4O2S/c1-9-15-14(17-16-9)21-8-4-7-18-12(19)10-5-2-3-6-11(10)13(18)20/h2-3,5-6H,4,7-8H2,1H3,(H,15,16,17). The monoisotopic (exact) mass is 302 g/mol. The van der Waals surface area contributed by atoms with Gasteiger partial charge < -0.3 is 0 Å². The maximum atomic E-state index is 12.1. The Kier molecular flexibility index (Phi) is 3.74. The lowest BCUT2D eigenvalue weighted by molar-refractivity contribution is 0.0655. The number of nitrogens with one attached hydrogen (secondary N) is 1. The SMILES string of the molecule is Cc1nc(SCCCN2C(=O)c3ccccc3C2=O)n[nH]1. The zero-order chi connectivity index (χ0) is 14.8. The third kappa shape index (κ3) is 2.69. The third-order valence-corrected chi connectivity index (χ3v) is 4.15. The number of hydrogen-bond acceptors (Lipinski definition) is 5. The average Bonchev–Trinajstić information content (AvgIpc) is 3.00. The fourth-order valence-corrected chi connectivity index (χ4v) is 2.98. The first-order chi connectivity index (χ1) is 10.2. The van der Waals surface area contributed by atoms with Gasteiger partial charge in [0.2, 0.25) is 5.16 Å². The van der Waals surface area contributed by atoms with E-state index in [9.17, 15) is 9.59 Å². The molecule has 2 amide bonds. The molecule has 7 heteroatoms. The van der Waals surface area contributed by atoms with Gasteiger partial charge in [-0.1, -0.05) is 23.9 Å². The number of rotatable bonds is 5. The summed E-state index contributed by atoms with van der Waals surface area (Å²) in [4.78, 5) is 29.8. The van der Waals surface area contributed by atoms with Crippen LogP contribution in [0.15, 0.2) is 29.4 Å². The van der Waals surface area contributed by atoms with E-state index < -0.39 is 0 Å². The van der Waals surface area contributed by atoms with Crippen molar-refractivity contribution in [3.63, 3.8) is 0 Å². The largest absolute Gasteiger partial charge is 0.274 e. The van der Waals surface area contributed by atoms with Crippen LogP contribution in [0.4, 0.5) is 0 Å². The van der Waals surface area contributed by atoms with E-state index in [-0.39, 0.29) is 11.8 Å². The maximum Gasteiger partial charge on any atom is 0.261 e. The van der Waals surface area contributed by atoms with Crippen LogP contribution >= 0.6 is 11.8 Å². The van der Waals surface area contributed by atoms with Crippen molar-refractivity contribution >= 4 is 23.6 Å². The van der Waals surface area contributed by atoms with Gasteiger partial charge in [0.25, 0.3) is 11.8 Å². The normalized spacial score (nSPS) is 13.9. The molecule has 0 saturated carbocycles. The second-order valence-corrected chi connectivity index (χ2v) is 5.78. The first kappa shape index (κ1) is 13.8. The number of amides is 2. The van der Waals surface area contributed by atoms with Crippen molar-refractivity contribution in [3.8, 4) is 0 Å². The van der Waals surface area contributed by atoms with Gasteiger partial charge in [-0.15, -0.1) is 5.10 Å². The summed E-state index contributed by atoms with van der Waals surface area (Å²) in [5.74, 6) is 1.13. The van der Waals surface area contributed by atoms with E-state index >= 15 is 0 Å². The third-order valence-electron chi connectivity index (χ3n) is 3.21. The number of nitrogens with zero attached hydrogens (tertiary/aromatic N) is 3. The molecule has 108 valence electrons. The van der Waals surface area contributed by atoms with Gasteiger partial charge in [-0.25, -0.2) is 4.98 Å². The van der Waals surface area contributed by atoms with Crippen LogP contribution in [0.2, 0.25) is 0 Å². The smallest absolute Gasteiger partial charge is 0.261 e. The molecule has 6 nitrogen and oxygen atoms in total. The molecule has 2 aromatic rings. The van der Waals surface area contributed by atoms with Crippen molar-refractivity contribution < 1.29 is 9.59 Å². The summed E-state index contributed by atoms with van der Waals surface area (Å²) in [6.07, 6.45) is 0.712. The lowest BCUT2D eigenvalue weighted by atomic mass is 10.1. The first-order valence-electron chi connectivity index (χ1n) is 6.64. The number of imide groups is 1. The fraction of sp³-hybridized carbons (Fsp3) is 0.286. The van der Waals surface area contributed by atoms with Gasteiger partial charge in [-0.3, -0.25) is 19.6 Å². The predicted molar refractivity (Wildman–Crippen MR) is 78.3 cm³/mol. The number of fused-ring (bicyclic) bond motifs is 1. The molecule has 0 radical (unpaired) electrons. The van der Waals surface area contributed by atoms with Crippen molar-refractivity contribution in [1.82, 2.24) is 20.1 Å². The second-order valence-electron chi connectivity index (χ2n) is 4.71. The molecule has 2 heterocycles. The second kappa shape index (κ2) is 5.69. The van der Waals surface area contributed by atoms with E-state index in [1.165, 1.54) is 16.7 Å². The summed E-state index contributed by atoms with van der Waals surface area (Å²) in [5.41, 5.74) is 1.000. The predicted octanol–water partition coefficient (Wildman–Crippen LogP) is 1.89. The molecule has 3 rings (SSSR count). The number of aromatic nitrogens is 3. The molecule has 0 saturated heterocycles. The van der Waals surface area contributed by atoms with Crippen LogP contribution in [0.1, 0.15) is 33.0 Å². The highest BCUT2D eigenvalue weighted by atomic mass is 32.2. The van der Waals surface area contributed by atoms with Crippen LogP contribution in [0.5, 0.6) is 0 Å². The van der Waals surface area contributed by atoms with Gasteiger partial charge in [0.15, 0.2) is 0 Å². The number of thioether (sulfide) groups is 1. The van der Waals surface area contributed by atoms with E-state index in [4.69, 9.17) is 0 Å². The van der Waals surface area contributed by atoms with Crippen LogP contribution in [0, 0.1) is 6.92 Å². The van der Waals surface area contributed by atoms with E-state index in [0.717, 1.165) is 11.6 Å². The Morgan fingerprint density at radius 3 is 2.43 bits per heavy atom. The Labute approximate surface area is 125 Å². The first-order valence-corrected chi connectivity index (χ1v) is 7.62. The van der Waals surface area contributed by atoms with Gasteiger partial charge in [0.1, 0.15) is 5.82 Å². The van der Waals surface area contributed by atoms with Crippen LogP contribution in [0.3, 0.4) is 0 Å². The highest BCUT2D eigenvalue weighted by Crippen LogP contribution is 2.23. The van der Waals surface area contributed by atoms with Crippen molar-refractivity contribution in [3.05, 3.63) is 41.2 Å². The molecule has 1 aromatic heterocycles. The maximum absolute atomic E-state index is 12.1. The quantitative estimate of drug-likeness (QED) is 0.518. The molecule has 0 bridgehead atoms. The van der Waals surface area contributed by atoms with Crippen molar-refractivity contribution in [1.29, 1.82) is 0 Å². The van der Waals surface area contributed by atoms with E-state index in [1.54, 1.807) is 24.3 Å². The highest BCUT2D eigenvalue weighted by Gasteiger charge is 2.34. The molecule has 0 spiro atoms. The molecule has 0 unspecified atom stereocenters. The van der Waals surface area contributed by atoms with Crippen molar-refractivity contribution in [2.75, 3.05) is 12.3 Å². The molecule has 0 atom stereocenters. The molecule has 0 fully saturated rings. The number of H-pyrrole nitrogens is 1. The number of benzene rings is 1. The summed E-state index contributed by atoms with van der Waals surface area (Å²) >= 11 is 1.51. The molecule has 1 aromatic carbocycles. The minimum Gasteiger partial charge on any atom is -0.274 e. The summed E-state index contributed by atoms with van der Waals surface area (Å²) in [6.45, 7) is 2.26. The van der Waals surface area contributed by atoms with E-state index in [0.29, 0.717) is 29.2 Å². The fourth-order valence-electron chi connectivity index (χ4n) is 2.22. The molecule has 21 heavy (non-hydrogen) atoms. The molecule has 1 aliphatic heterocycles.